The number of anilines is 1. The van der Waals surface area contributed by atoms with Crippen LogP contribution in [-0.2, 0) is 9.53 Å². The molecule has 2 aliphatic rings. The number of piperazine rings is 1. The van der Waals surface area contributed by atoms with Crippen molar-refractivity contribution >= 4 is 17.7 Å². The normalized spacial score (nSPS) is 20.9. The second-order valence-corrected chi connectivity index (χ2v) is 7.21. The zero-order chi connectivity index (χ0) is 17.9. The van der Waals surface area contributed by atoms with Crippen LogP contribution in [0, 0.1) is 0 Å². The highest BCUT2D eigenvalue weighted by molar-refractivity contribution is 6.02. The van der Waals surface area contributed by atoms with Gasteiger partial charge in [0.15, 0.2) is 5.60 Å². The molecule has 25 heavy (non-hydrogen) atoms. The first kappa shape index (κ1) is 17.7. The van der Waals surface area contributed by atoms with Crippen LogP contribution in [0.2, 0.25) is 0 Å². The fraction of sp³-hybridized carbons (Fsp3) is 0.579. The molecule has 3 rings (SSSR count). The summed E-state index contributed by atoms with van der Waals surface area (Å²) in [6.07, 6.45) is 1.28. The Morgan fingerprint density at radius 1 is 0.960 bits per heavy atom. The van der Waals surface area contributed by atoms with Gasteiger partial charge in [-0.15, -0.1) is 0 Å². The second-order valence-electron chi connectivity index (χ2n) is 7.21. The number of rotatable bonds is 6. The minimum Gasteiger partial charge on any atom is -0.433 e. The number of nitrogens with zero attached hydrogens (tertiary/aromatic N) is 3. The van der Waals surface area contributed by atoms with E-state index in [2.05, 4.69) is 34.1 Å². The molecule has 6 heteroatoms. The van der Waals surface area contributed by atoms with E-state index in [0.717, 1.165) is 45.6 Å². The number of hydrogen-bond donors (Lipinski definition) is 0. The van der Waals surface area contributed by atoms with Gasteiger partial charge in [0.1, 0.15) is 0 Å². The van der Waals surface area contributed by atoms with E-state index >= 15 is 0 Å². The van der Waals surface area contributed by atoms with Crippen molar-refractivity contribution in [2.75, 3.05) is 44.2 Å². The molecule has 2 saturated heterocycles. The van der Waals surface area contributed by atoms with Crippen molar-refractivity contribution in [3.63, 3.8) is 0 Å². The zero-order valence-electron chi connectivity index (χ0n) is 15.1. The number of para-hydroxylation sites is 1. The van der Waals surface area contributed by atoms with E-state index in [1.165, 1.54) is 10.6 Å². The first-order valence-electron chi connectivity index (χ1n) is 9.05. The Kier molecular flexibility index (Phi) is 5.27. The molecule has 0 bridgehead atoms. The van der Waals surface area contributed by atoms with E-state index in [0.29, 0.717) is 6.54 Å². The summed E-state index contributed by atoms with van der Waals surface area (Å²) in [6, 6.07) is 10.5. The maximum Gasteiger partial charge on any atom is 0.417 e. The SMILES string of the molecule is CC1(C)OC(=O)N(CCCCN2CCN(c3ccccc3)CC2)C1=O. The van der Waals surface area contributed by atoms with Crippen molar-refractivity contribution in [1.29, 1.82) is 0 Å². The number of ether oxygens (including phenoxy) is 1. The van der Waals surface area contributed by atoms with Crippen LogP contribution in [0.3, 0.4) is 0 Å². The quantitative estimate of drug-likeness (QED) is 0.741. The number of carbonyl (C=O) groups excluding carboxylic acids is 2. The van der Waals surface area contributed by atoms with Crippen molar-refractivity contribution in [2.45, 2.75) is 32.3 Å². The molecule has 0 spiro atoms. The summed E-state index contributed by atoms with van der Waals surface area (Å²) >= 11 is 0. The van der Waals surface area contributed by atoms with E-state index in [1.807, 2.05) is 6.07 Å². The molecule has 1 aromatic rings. The number of imide groups is 1. The Labute approximate surface area is 149 Å². The number of hydrogen-bond acceptors (Lipinski definition) is 5. The number of carbonyl (C=O) groups is 2. The van der Waals surface area contributed by atoms with Gasteiger partial charge in [-0.1, -0.05) is 18.2 Å². The Bertz CT molecular complexity index is 610. The Morgan fingerprint density at radius 2 is 1.60 bits per heavy atom. The molecule has 2 heterocycles. The van der Waals surface area contributed by atoms with E-state index in [1.54, 1.807) is 13.8 Å². The van der Waals surface area contributed by atoms with Gasteiger partial charge in [-0.25, -0.2) is 9.69 Å². The number of benzene rings is 1. The van der Waals surface area contributed by atoms with Gasteiger partial charge < -0.3 is 9.64 Å². The van der Waals surface area contributed by atoms with Crippen LogP contribution in [-0.4, -0.2) is 66.7 Å². The van der Waals surface area contributed by atoms with Crippen molar-refractivity contribution in [2.24, 2.45) is 0 Å². The molecular formula is C19H27N3O3. The minimum absolute atomic E-state index is 0.228. The molecule has 0 unspecified atom stereocenters. The summed E-state index contributed by atoms with van der Waals surface area (Å²) < 4.78 is 5.10. The molecule has 136 valence electrons. The van der Waals surface area contributed by atoms with Crippen LogP contribution in [0.1, 0.15) is 26.7 Å². The Balaban J connectivity index is 1.36. The van der Waals surface area contributed by atoms with Crippen LogP contribution in [0.5, 0.6) is 0 Å². The Morgan fingerprint density at radius 3 is 2.20 bits per heavy atom. The van der Waals surface area contributed by atoms with Gasteiger partial charge in [-0.05, 0) is 45.4 Å². The maximum atomic E-state index is 12.1. The first-order chi connectivity index (χ1) is 12.0. The average Bonchev–Trinajstić information content (AvgIpc) is 2.81. The summed E-state index contributed by atoms with van der Waals surface area (Å²) in [5.74, 6) is -0.228. The van der Waals surface area contributed by atoms with Crippen LogP contribution in [0.25, 0.3) is 0 Å². The molecule has 2 amide bonds. The van der Waals surface area contributed by atoms with Crippen molar-refractivity contribution in [3.8, 4) is 0 Å². The van der Waals surface area contributed by atoms with Gasteiger partial charge in [0.05, 0.1) is 0 Å². The number of unbranched alkanes of at least 4 members (excludes halogenated alkanes) is 1. The lowest BCUT2D eigenvalue weighted by Crippen LogP contribution is -2.46. The predicted octanol–water partition coefficient (Wildman–Crippen LogP) is 2.35. The smallest absolute Gasteiger partial charge is 0.417 e. The summed E-state index contributed by atoms with van der Waals surface area (Å²) in [5.41, 5.74) is 0.279. The lowest BCUT2D eigenvalue weighted by atomic mass is 10.1. The van der Waals surface area contributed by atoms with Crippen LogP contribution < -0.4 is 4.90 Å². The van der Waals surface area contributed by atoms with E-state index in [4.69, 9.17) is 4.74 Å². The molecule has 0 aromatic heterocycles. The van der Waals surface area contributed by atoms with Gasteiger partial charge in [-0.2, -0.15) is 0 Å². The molecule has 2 fully saturated rings. The third-order valence-electron chi connectivity index (χ3n) is 4.92. The Hall–Kier alpha value is -2.08. The van der Waals surface area contributed by atoms with Gasteiger partial charge >= 0.3 is 6.09 Å². The lowest BCUT2D eigenvalue weighted by Gasteiger charge is -2.36. The summed E-state index contributed by atoms with van der Waals surface area (Å²) in [5, 5.41) is 0. The van der Waals surface area contributed by atoms with E-state index < -0.39 is 11.7 Å². The third kappa shape index (κ3) is 4.12. The van der Waals surface area contributed by atoms with E-state index in [-0.39, 0.29) is 5.91 Å². The third-order valence-corrected chi connectivity index (χ3v) is 4.92. The standard InChI is InChI=1S/C19H27N3O3/c1-19(2)17(23)22(18(24)25-19)11-7-6-10-20-12-14-21(15-13-20)16-8-4-3-5-9-16/h3-5,8-9H,6-7,10-15H2,1-2H3. The highest BCUT2D eigenvalue weighted by Crippen LogP contribution is 2.23. The van der Waals surface area contributed by atoms with Crippen LogP contribution in [0.4, 0.5) is 10.5 Å². The fourth-order valence-corrected chi connectivity index (χ4v) is 3.39. The number of amides is 2. The molecule has 1 aromatic carbocycles. The molecule has 0 radical (unpaired) electrons. The topological polar surface area (TPSA) is 53.1 Å². The molecule has 0 atom stereocenters. The molecule has 0 aliphatic carbocycles. The van der Waals surface area contributed by atoms with Crippen molar-refractivity contribution in [1.82, 2.24) is 9.80 Å². The van der Waals surface area contributed by atoms with Gasteiger partial charge in [0.25, 0.3) is 5.91 Å². The molecule has 0 saturated carbocycles. The first-order valence-corrected chi connectivity index (χ1v) is 9.05. The lowest BCUT2D eigenvalue weighted by molar-refractivity contribution is -0.134. The zero-order valence-corrected chi connectivity index (χ0v) is 15.1. The fourth-order valence-electron chi connectivity index (χ4n) is 3.39. The molecule has 6 nitrogen and oxygen atoms in total. The van der Waals surface area contributed by atoms with E-state index in [9.17, 15) is 9.59 Å². The summed E-state index contributed by atoms with van der Waals surface area (Å²) in [4.78, 5) is 29.9. The van der Waals surface area contributed by atoms with Gasteiger partial charge in [0.2, 0.25) is 0 Å². The second kappa shape index (κ2) is 7.44. The minimum atomic E-state index is -1.01. The maximum absolute atomic E-state index is 12.1. The summed E-state index contributed by atoms with van der Waals surface area (Å²) in [6.45, 7) is 8.90. The summed E-state index contributed by atoms with van der Waals surface area (Å²) in [7, 11) is 0. The van der Waals surface area contributed by atoms with Gasteiger partial charge in [-0.3, -0.25) is 9.69 Å². The van der Waals surface area contributed by atoms with Crippen molar-refractivity contribution in [3.05, 3.63) is 30.3 Å². The van der Waals surface area contributed by atoms with Crippen LogP contribution >= 0.6 is 0 Å². The number of cyclic esters (lactones) is 1. The largest absolute Gasteiger partial charge is 0.433 e. The van der Waals surface area contributed by atoms with Crippen molar-refractivity contribution < 1.29 is 14.3 Å². The van der Waals surface area contributed by atoms with Crippen LogP contribution in [0.15, 0.2) is 30.3 Å². The highest BCUT2D eigenvalue weighted by Gasteiger charge is 2.46. The van der Waals surface area contributed by atoms with Gasteiger partial charge in [0, 0.05) is 38.4 Å². The highest BCUT2D eigenvalue weighted by atomic mass is 16.6. The average molecular weight is 345 g/mol. The molecular weight excluding hydrogens is 318 g/mol. The monoisotopic (exact) mass is 345 g/mol. The molecule has 0 N–H and O–H groups in total. The predicted molar refractivity (Wildman–Crippen MR) is 96.6 cm³/mol. The molecule has 2 aliphatic heterocycles.